The van der Waals surface area contributed by atoms with Crippen LogP contribution in [-0.4, -0.2) is 65.8 Å². The third-order valence-electron chi connectivity index (χ3n) is 9.19. The quantitative estimate of drug-likeness (QED) is 0.401. The molecule has 42 heavy (non-hydrogen) atoms. The first-order valence-corrected chi connectivity index (χ1v) is 15.7. The summed E-state index contributed by atoms with van der Waals surface area (Å²) in [5.74, 6) is -0.215. The maximum atomic E-state index is 13.8. The van der Waals surface area contributed by atoms with Crippen LogP contribution in [-0.2, 0) is 40.2 Å². The Bertz CT molecular complexity index is 1290. The van der Waals surface area contributed by atoms with Gasteiger partial charge in [-0.25, -0.2) is 0 Å². The van der Waals surface area contributed by atoms with Gasteiger partial charge >= 0.3 is 0 Å². The van der Waals surface area contributed by atoms with Gasteiger partial charge in [0, 0.05) is 31.7 Å². The standard InChI is InChI=1S/C34H47N5O3/c1-34(2)16-7-19-39(23-34)31(40)12-6-18-38-22-27-9-4-3-8-26(27)21-30(38)33(42)37-29(15-17-35)32(41)36-28-14-13-24-10-5-11-25(24)20-28/h3-4,8-9,13-14,20,29-30H,5-7,10-12,15-19,21-23,35H2,1-2H3,(H,36,41)(H,37,42)/t29-,30-/m0/s1. The number of benzene rings is 2. The highest BCUT2D eigenvalue weighted by Crippen LogP contribution is 2.29. The Morgan fingerprint density at radius 2 is 1.81 bits per heavy atom. The van der Waals surface area contributed by atoms with Crippen LogP contribution >= 0.6 is 0 Å². The van der Waals surface area contributed by atoms with Crippen molar-refractivity contribution >= 4 is 23.4 Å². The summed E-state index contributed by atoms with van der Waals surface area (Å²) in [6.07, 6.45) is 7.54. The monoisotopic (exact) mass is 573 g/mol. The second kappa shape index (κ2) is 13.4. The van der Waals surface area contributed by atoms with E-state index in [1.54, 1.807) is 0 Å². The van der Waals surface area contributed by atoms with Crippen molar-refractivity contribution in [3.8, 4) is 0 Å². The number of rotatable bonds is 10. The molecule has 1 saturated heterocycles. The zero-order valence-electron chi connectivity index (χ0n) is 25.3. The van der Waals surface area contributed by atoms with Crippen LogP contribution in [0.5, 0.6) is 0 Å². The van der Waals surface area contributed by atoms with Crippen LogP contribution in [0.25, 0.3) is 0 Å². The van der Waals surface area contributed by atoms with E-state index in [4.69, 9.17) is 5.73 Å². The predicted octanol–water partition coefficient (Wildman–Crippen LogP) is 3.80. The van der Waals surface area contributed by atoms with Crippen molar-refractivity contribution in [2.45, 2.75) is 90.3 Å². The van der Waals surface area contributed by atoms with Crippen molar-refractivity contribution in [1.29, 1.82) is 0 Å². The van der Waals surface area contributed by atoms with Crippen LogP contribution in [0, 0.1) is 5.41 Å². The van der Waals surface area contributed by atoms with E-state index in [0.717, 1.165) is 56.4 Å². The zero-order chi connectivity index (χ0) is 29.7. The molecule has 226 valence electrons. The molecule has 2 aromatic rings. The highest BCUT2D eigenvalue weighted by Gasteiger charge is 2.34. The summed E-state index contributed by atoms with van der Waals surface area (Å²) in [7, 11) is 0. The number of nitrogens with one attached hydrogen (secondary N) is 2. The van der Waals surface area contributed by atoms with E-state index in [1.807, 2.05) is 29.2 Å². The molecule has 3 amide bonds. The van der Waals surface area contributed by atoms with Crippen LogP contribution < -0.4 is 16.4 Å². The Labute approximate surface area is 250 Å². The molecule has 0 saturated carbocycles. The predicted molar refractivity (Wildman–Crippen MR) is 166 cm³/mol. The fourth-order valence-electron chi connectivity index (χ4n) is 6.88. The number of fused-ring (bicyclic) bond motifs is 2. The van der Waals surface area contributed by atoms with Gasteiger partial charge in [0.05, 0.1) is 6.04 Å². The van der Waals surface area contributed by atoms with E-state index in [1.165, 1.54) is 16.7 Å². The van der Waals surface area contributed by atoms with Gasteiger partial charge in [-0.1, -0.05) is 44.2 Å². The lowest BCUT2D eigenvalue weighted by Gasteiger charge is -2.38. The van der Waals surface area contributed by atoms with E-state index >= 15 is 0 Å². The van der Waals surface area contributed by atoms with Gasteiger partial charge in [0.1, 0.15) is 6.04 Å². The van der Waals surface area contributed by atoms with Crippen LogP contribution in [0.15, 0.2) is 42.5 Å². The molecule has 2 heterocycles. The van der Waals surface area contributed by atoms with Crippen LogP contribution in [0.1, 0.15) is 74.6 Å². The minimum Gasteiger partial charge on any atom is -0.343 e. The summed E-state index contributed by atoms with van der Waals surface area (Å²) in [6.45, 7) is 7.66. The average molecular weight is 574 g/mol. The molecule has 0 bridgehead atoms. The second-order valence-electron chi connectivity index (χ2n) is 13.1. The fourth-order valence-corrected chi connectivity index (χ4v) is 6.88. The summed E-state index contributed by atoms with van der Waals surface area (Å²) in [5, 5.41) is 6.04. The molecule has 1 aliphatic carbocycles. The lowest BCUT2D eigenvalue weighted by molar-refractivity contribution is -0.134. The smallest absolute Gasteiger partial charge is 0.246 e. The van der Waals surface area contributed by atoms with Crippen LogP contribution in [0.3, 0.4) is 0 Å². The molecular weight excluding hydrogens is 526 g/mol. The third-order valence-corrected chi connectivity index (χ3v) is 9.19. The van der Waals surface area contributed by atoms with E-state index in [9.17, 15) is 14.4 Å². The molecule has 0 aromatic heterocycles. The van der Waals surface area contributed by atoms with Crippen molar-refractivity contribution in [2.75, 3.05) is 31.5 Å². The molecule has 0 radical (unpaired) electrons. The largest absolute Gasteiger partial charge is 0.343 e. The van der Waals surface area contributed by atoms with Gasteiger partial charge in [-0.2, -0.15) is 0 Å². The van der Waals surface area contributed by atoms with E-state index in [0.29, 0.717) is 38.8 Å². The molecule has 0 unspecified atom stereocenters. The molecule has 3 aliphatic rings. The molecular formula is C34H47N5O3. The molecule has 0 spiro atoms. The number of hydrogen-bond donors (Lipinski definition) is 3. The number of carbonyl (C=O) groups excluding carboxylic acids is 3. The van der Waals surface area contributed by atoms with Gasteiger partial charge in [0.25, 0.3) is 0 Å². The van der Waals surface area contributed by atoms with E-state index in [2.05, 4.69) is 47.6 Å². The number of likely N-dealkylation sites (tertiary alicyclic amines) is 1. The third kappa shape index (κ3) is 7.39. The molecule has 2 atom stereocenters. The normalized spacial score (nSPS) is 20.4. The number of nitrogens with zero attached hydrogens (tertiary/aromatic N) is 2. The van der Waals surface area contributed by atoms with Crippen LogP contribution in [0.4, 0.5) is 5.69 Å². The van der Waals surface area contributed by atoms with Gasteiger partial charge < -0.3 is 21.3 Å². The summed E-state index contributed by atoms with van der Waals surface area (Å²) in [5.41, 5.74) is 11.8. The first kappa shape index (κ1) is 30.2. The Morgan fingerprint density at radius 3 is 2.60 bits per heavy atom. The number of carbonyl (C=O) groups is 3. The molecule has 2 aliphatic heterocycles. The van der Waals surface area contributed by atoms with Gasteiger partial charge in [-0.05, 0) is 104 Å². The van der Waals surface area contributed by atoms with Gasteiger partial charge in [-0.15, -0.1) is 0 Å². The van der Waals surface area contributed by atoms with Crippen molar-refractivity contribution in [3.63, 3.8) is 0 Å². The number of aryl methyl sites for hydroxylation is 2. The Balaban J connectivity index is 1.23. The minimum atomic E-state index is -0.723. The number of amides is 3. The average Bonchev–Trinajstić information content (AvgIpc) is 3.44. The lowest BCUT2D eigenvalue weighted by atomic mass is 9.84. The number of piperidine rings is 1. The molecule has 1 fully saturated rings. The molecule has 2 aromatic carbocycles. The van der Waals surface area contributed by atoms with Crippen molar-refractivity contribution in [2.24, 2.45) is 11.1 Å². The Hall–Kier alpha value is -3.23. The van der Waals surface area contributed by atoms with E-state index in [-0.39, 0.29) is 29.7 Å². The topological polar surface area (TPSA) is 108 Å². The van der Waals surface area contributed by atoms with E-state index < -0.39 is 12.1 Å². The van der Waals surface area contributed by atoms with Crippen molar-refractivity contribution in [1.82, 2.24) is 15.1 Å². The van der Waals surface area contributed by atoms with Crippen LogP contribution in [0.2, 0.25) is 0 Å². The molecule has 5 rings (SSSR count). The maximum Gasteiger partial charge on any atom is 0.246 e. The summed E-state index contributed by atoms with van der Waals surface area (Å²) >= 11 is 0. The number of nitrogens with two attached hydrogens (primary N) is 1. The molecule has 8 heteroatoms. The highest BCUT2D eigenvalue weighted by atomic mass is 16.2. The molecule has 8 nitrogen and oxygen atoms in total. The summed E-state index contributed by atoms with van der Waals surface area (Å²) in [6, 6.07) is 13.1. The minimum absolute atomic E-state index is 0.167. The SMILES string of the molecule is CC1(C)CCCN(C(=O)CCCN2Cc3ccccc3C[C@H]2C(=O)N[C@@H](CCN)C(=O)Nc2ccc3c(c2)CCC3)C1. The van der Waals surface area contributed by atoms with Gasteiger partial charge in [0.2, 0.25) is 17.7 Å². The summed E-state index contributed by atoms with van der Waals surface area (Å²) < 4.78 is 0. The second-order valence-corrected chi connectivity index (χ2v) is 13.1. The first-order chi connectivity index (χ1) is 20.2. The molecule has 4 N–H and O–H groups in total. The first-order valence-electron chi connectivity index (χ1n) is 15.7. The lowest BCUT2D eigenvalue weighted by Crippen LogP contribution is -2.55. The van der Waals surface area contributed by atoms with Crippen molar-refractivity contribution < 1.29 is 14.4 Å². The summed E-state index contributed by atoms with van der Waals surface area (Å²) in [4.78, 5) is 44.3. The Kier molecular flexibility index (Phi) is 9.63. The zero-order valence-corrected chi connectivity index (χ0v) is 25.3. The number of hydrogen-bond acceptors (Lipinski definition) is 5. The van der Waals surface area contributed by atoms with Crippen molar-refractivity contribution in [3.05, 3.63) is 64.7 Å². The Morgan fingerprint density at radius 1 is 1.02 bits per heavy atom. The maximum absolute atomic E-state index is 13.8. The fraction of sp³-hybridized carbons (Fsp3) is 0.559. The highest BCUT2D eigenvalue weighted by molar-refractivity contribution is 5.98. The van der Waals surface area contributed by atoms with Gasteiger partial charge in [-0.3, -0.25) is 19.3 Å². The van der Waals surface area contributed by atoms with Gasteiger partial charge in [0.15, 0.2) is 0 Å². The number of anilines is 1.